The molecule has 0 saturated heterocycles. The maximum atomic E-state index is 11.6. The quantitative estimate of drug-likeness (QED) is 0.565. The summed E-state index contributed by atoms with van der Waals surface area (Å²) in [5.74, 6) is -0.936. The molecule has 0 fully saturated rings. The normalized spacial score (nSPS) is 15.3. The van der Waals surface area contributed by atoms with Crippen LogP contribution in [0.5, 0.6) is 0 Å². The molecule has 3 heteroatoms. The van der Waals surface area contributed by atoms with Crippen molar-refractivity contribution in [3.05, 3.63) is 34.9 Å². The molecular weight excluding hydrogens is 204 g/mol. The largest absolute Gasteiger partial charge is 0.389 e. The van der Waals surface area contributed by atoms with Crippen LogP contribution in [0, 0.1) is 0 Å². The first-order chi connectivity index (χ1) is 7.70. The Morgan fingerprint density at radius 1 is 1.25 bits per heavy atom. The third-order valence-corrected chi connectivity index (χ3v) is 2.74. The van der Waals surface area contributed by atoms with Crippen LogP contribution in [0.15, 0.2) is 18.2 Å². The van der Waals surface area contributed by atoms with Gasteiger partial charge < -0.3 is 4.74 Å². The Morgan fingerprint density at radius 2 is 2.06 bits per heavy atom. The van der Waals surface area contributed by atoms with Gasteiger partial charge in [-0.3, -0.25) is 4.79 Å². The molecule has 1 heterocycles. The molecule has 0 atom stereocenters. The molecule has 0 amide bonds. The lowest BCUT2D eigenvalue weighted by Gasteiger charge is -2.05. The van der Waals surface area contributed by atoms with Crippen molar-refractivity contribution >= 4 is 11.9 Å². The summed E-state index contributed by atoms with van der Waals surface area (Å²) in [5.41, 5.74) is 2.58. The number of esters is 2. The molecule has 0 radical (unpaired) electrons. The van der Waals surface area contributed by atoms with E-state index in [9.17, 15) is 9.59 Å². The Morgan fingerprint density at radius 3 is 2.81 bits per heavy atom. The second-order valence-electron chi connectivity index (χ2n) is 4.00. The number of aryl methyl sites for hydroxylation is 2. The number of hydrogen-bond acceptors (Lipinski definition) is 3. The summed E-state index contributed by atoms with van der Waals surface area (Å²) in [5, 5.41) is 0. The Bertz CT molecular complexity index is 435. The molecule has 2 rings (SSSR count). The van der Waals surface area contributed by atoms with E-state index < -0.39 is 11.9 Å². The average molecular weight is 218 g/mol. The summed E-state index contributed by atoms with van der Waals surface area (Å²) in [6.45, 7) is 2.09. The molecule has 1 aromatic rings. The fourth-order valence-corrected chi connectivity index (χ4v) is 1.92. The number of carbonyl (C=O) groups excluding carboxylic acids is 2. The van der Waals surface area contributed by atoms with Gasteiger partial charge in [-0.15, -0.1) is 0 Å². The van der Waals surface area contributed by atoms with Gasteiger partial charge in [-0.2, -0.15) is 0 Å². The molecule has 3 nitrogen and oxygen atoms in total. The summed E-state index contributed by atoms with van der Waals surface area (Å²) in [6, 6.07) is 5.80. The molecular formula is C13H14O3. The fraction of sp³-hybridized carbons (Fsp3) is 0.385. The van der Waals surface area contributed by atoms with Crippen molar-refractivity contribution in [3.8, 4) is 0 Å². The Hall–Kier alpha value is -1.64. The second kappa shape index (κ2) is 4.47. The SMILES string of the molecule is CCCc1ccc2c(c1)C(=O)OC(=O)CC2. The van der Waals surface area contributed by atoms with Crippen LogP contribution in [0.3, 0.4) is 0 Å². The monoisotopic (exact) mass is 218 g/mol. The van der Waals surface area contributed by atoms with E-state index in [1.54, 1.807) is 0 Å². The van der Waals surface area contributed by atoms with Crippen molar-refractivity contribution < 1.29 is 14.3 Å². The van der Waals surface area contributed by atoms with Crippen molar-refractivity contribution in [2.75, 3.05) is 0 Å². The Kier molecular flexibility index (Phi) is 3.04. The van der Waals surface area contributed by atoms with E-state index >= 15 is 0 Å². The molecule has 0 spiro atoms. The molecule has 1 aromatic carbocycles. The summed E-state index contributed by atoms with van der Waals surface area (Å²) >= 11 is 0. The molecule has 16 heavy (non-hydrogen) atoms. The lowest BCUT2D eigenvalue weighted by Crippen LogP contribution is -2.09. The molecule has 0 unspecified atom stereocenters. The van der Waals surface area contributed by atoms with Crippen LogP contribution >= 0.6 is 0 Å². The lowest BCUT2D eigenvalue weighted by molar-refractivity contribution is -0.137. The third kappa shape index (κ3) is 2.13. The summed E-state index contributed by atoms with van der Waals surface area (Å²) in [7, 11) is 0. The maximum Gasteiger partial charge on any atom is 0.346 e. The van der Waals surface area contributed by atoms with Crippen LogP contribution in [0.2, 0.25) is 0 Å². The zero-order valence-electron chi connectivity index (χ0n) is 9.29. The van der Waals surface area contributed by atoms with Gasteiger partial charge in [-0.1, -0.05) is 25.5 Å². The number of benzene rings is 1. The van der Waals surface area contributed by atoms with E-state index in [0.717, 1.165) is 24.0 Å². The lowest BCUT2D eigenvalue weighted by atomic mass is 9.99. The van der Waals surface area contributed by atoms with Crippen molar-refractivity contribution in [1.82, 2.24) is 0 Å². The fourth-order valence-electron chi connectivity index (χ4n) is 1.92. The number of hydrogen-bond donors (Lipinski definition) is 0. The predicted molar refractivity (Wildman–Crippen MR) is 59.2 cm³/mol. The van der Waals surface area contributed by atoms with Gasteiger partial charge in [0.25, 0.3) is 0 Å². The van der Waals surface area contributed by atoms with E-state index in [0.29, 0.717) is 12.0 Å². The molecule has 1 aliphatic heterocycles. The summed E-state index contributed by atoms with van der Waals surface area (Å²) in [6.07, 6.45) is 2.85. The number of carbonyl (C=O) groups is 2. The van der Waals surface area contributed by atoms with Gasteiger partial charge in [0, 0.05) is 0 Å². The topological polar surface area (TPSA) is 43.4 Å². The molecule has 0 bridgehead atoms. The van der Waals surface area contributed by atoms with E-state index in [2.05, 4.69) is 6.92 Å². The van der Waals surface area contributed by atoms with Crippen molar-refractivity contribution in [1.29, 1.82) is 0 Å². The Balaban J connectivity index is 2.37. The molecule has 0 N–H and O–H groups in total. The second-order valence-corrected chi connectivity index (χ2v) is 4.00. The third-order valence-electron chi connectivity index (χ3n) is 2.74. The van der Waals surface area contributed by atoms with Crippen LogP contribution in [-0.4, -0.2) is 11.9 Å². The summed E-state index contributed by atoms with van der Waals surface area (Å²) < 4.78 is 4.69. The highest BCUT2D eigenvalue weighted by Crippen LogP contribution is 2.19. The van der Waals surface area contributed by atoms with E-state index in [1.807, 2.05) is 18.2 Å². The van der Waals surface area contributed by atoms with Crippen LogP contribution in [0.4, 0.5) is 0 Å². The van der Waals surface area contributed by atoms with Crippen molar-refractivity contribution in [2.45, 2.75) is 32.6 Å². The van der Waals surface area contributed by atoms with Crippen LogP contribution < -0.4 is 0 Å². The van der Waals surface area contributed by atoms with Gasteiger partial charge >= 0.3 is 11.9 Å². The molecule has 0 aliphatic carbocycles. The highest BCUT2D eigenvalue weighted by Gasteiger charge is 2.21. The van der Waals surface area contributed by atoms with Gasteiger partial charge in [0.1, 0.15) is 0 Å². The minimum Gasteiger partial charge on any atom is -0.389 e. The number of cyclic esters (lactones) is 2. The van der Waals surface area contributed by atoms with Crippen molar-refractivity contribution in [2.24, 2.45) is 0 Å². The molecule has 1 aliphatic rings. The summed E-state index contributed by atoms with van der Waals surface area (Å²) in [4.78, 5) is 22.8. The number of fused-ring (bicyclic) bond motifs is 1. The highest BCUT2D eigenvalue weighted by atomic mass is 16.6. The van der Waals surface area contributed by atoms with E-state index in [4.69, 9.17) is 4.74 Å². The number of rotatable bonds is 2. The number of ether oxygens (including phenoxy) is 1. The zero-order chi connectivity index (χ0) is 11.5. The zero-order valence-corrected chi connectivity index (χ0v) is 9.29. The standard InChI is InChI=1S/C13H14O3/c1-2-3-9-4-5-10-6-7-12(14)16-13(15)11(10)8-9/h4-5,8H,2-3,6-7H2,1H3. The first kappa shape index (κ1) is 10.9. The van der Waals surface area contributed by atoms with Gasteiger partial charge in [0.05, 0.1) is 12.0 Å². The van der Waals surface area contributed by atoms with Gasteiger partial charge in [0.15, 0.2) is 0 Å². The van der Waals surface area contributed by atoms with Crippen LogP contribution in [-0.2, 0) is 22.4 Å². The highest BCUT2D eigenvalue weighted by molar-refractivity contribution is 5.99. The average Bonchev–Trinajstić information content (AvgIpc) is 2.40. The Labute approximate surface area is 94.4 Å². The van der Waals surface area contributed by atoms with Crippen LogP contribution in [0.25, 0.3) is 0 Å². The molecule has 0 saturated carbocycles. The first-order valence-corrected chi connectivity index (χ1v) is 5.57. The van der Waals surface area contributed by atoms with Crippen LogP contribution in [0.1, 0.15) is 41.3 Å². The minimum atomic E-state index is -0.504. The molecule has 0 aromatic heterocycles. The molecule has 84 valence electrons. The van der Waals surface area contributed by atoms with Crippen molar-refractivity contribution in [3.63, 3.8) is 0 Å². The maximum absolute atomic E-state index is 11.6. The predicted octanol–water partition coefficient (Wildman–Crippen LogP) is 2.27. The smallest absolute Gasteiger partial charge is 0.346 e. The van der Waals surface area contributed by atoms with Gasteiger partial charge in [-0.25, -0.2) is 4.79 Å². The van der Waals surface area contributed by atoms with Gasteiger partial charge in [-0.05, 0) is 30.0 Å². The van der Waals surface area contributed by atoms with Gasteiger partial charge in [0.2, 0.25) is 0 Å². The minimum absolute atomic E-state index is 0.284. The van der Waals surface area contributed by atoms with E-state index in [-0.39, 0.29) is 6.42 Å². The van der Waals surface area contributed by atoms with E-state index in [1.165, 1.54) is 0 Å². The first-order valence-electron chi connectivity index (χ1n) is 5.57.